The predicted molar refractivity (Wildman–Crippen MR) is 94.7 cm³/mol. The van der Waals surface area contributed by atoms with Gasteiger partial charge in [-0.2, -0.15) is 0 Å². The quantitative estimate of drug-likeness (QED) is 0.699. The molecule has 0 radical (unpaired) electrons. The second-order valence-corrected chi connectivity index (χ2v) is 8.19. The lowest BCUT2D eigenvalue weighted by Gasteiger charge is -2.34. The Labute approximate surface area is 143 Å². The molecule has 2 aliphatic carbocycles. The second kappa shape index (κ2) is 9.39. The van der Waals surface area contributed by atoms with Gasteiger partial charge in [-0.1, -0.05) is 12.8 Å². The molecule has 3 rings (SSSR count). The summed E-state index contributed by atoms with van der Waals surface area (Å²) in [5.74, 6) is 1.88. The first-order valence-electron chi connectivity index (χ1n) is 10.2. The maximum Gasteiger partial charge on any atom is 0.0597 e. The monoisotopic (exact) mass is 323 g/mol. The van der Waals surface area contributed by atoms with E-state index >= 15 is 0 Å². The third-order valence-electron chi connectivity index (χ3n) is 6.49. The van der Waals surface area contributed by atoms with Crippen LogP contribution >= 0.6 is 0 Å². The van der Waals surface area contributed by atoms with E-state index in [1.165, 1.54) is 83.7 Å². The van der Waals surface area contributed by atoms with Crippen molar-refractivity contribution in [2.24, 2.45) is 11.8 Å². The van der Waals surface area contributed by atoms with Crippen LogP contribution < -0.4 is 0 Å². The third kappa shape index (κ3) is 5.72. The smallest absolute Gasteiger partial charge is 0.0597 e. The highest BCUT2D eigenvalue weighted by molar-refractivity contribution is 4.79. The van der Waals surface area contributed by atoms with Crippen LogP contribution in [0.2, 0.25) is 0 Å². The van der Waals surface area contributed by atoms with Crippen LogP contribution in [0.1, 0.15) is 70.6 Å². The zero-order chi connectivity index (χ0) is 15.9. The van der Waals surface area contributed by atoms with Crippen molar-refractivity contribution >= 4 is 0 Å². The van der Waals surface area contributed by atoms with Crippen LogP contribution in [0.4, 0.5) is 0 Å². The third-order valence-corrected chi connectivity index (χ3v) is 6.49. The van der Waals surface area contributed by atoms with Gasteiger partial charge in [0, 0.05) is 13.7 Å². The molecule has 23 heavy (non-hydrogen) atoms. The summed E-state index contributed by atoms with van der Waals surface area (Å²) in [7, 11) is 1.89. The molecule has 0 N–H and O–H groups in total. The van der Waals surface area contributed by atoms with E-state index in [0.29, 0.717) is 12.2 Å². The molecule has 0 aromatic heterocycles. The number of likely N-dealkylation sites (tertiary alicyclic amines) is 1. The fourth-order valence-electron chi connectivity index (χ4n) is 5.03. The van der Waals surface area contributed by atoms with Gasteiger partial charge in [-0.3, -0.25) is 0 Å². The molecule has 0 amide bonds. The van der Waals surface area contributed by atoms with Gasteiger partial charge in [0.1, 0.15) is 0 Å². The largest absolute Gasteiger partial charge is 0.381 e. The van der Waals surface area contributed by atoms with Crippen LogP contribution in [0.25, 0.3) is 0 Å². The van der Waals surface area contributed by atoms with E-state index in [1.807, 2.05) is 7.11 Å². The van der Waals surface area contributed by atoms with Crippen molar-refractivity contribution in [3.8, 4) is 0 Å². The van der Waals surface area contributed by atoms with Crippen LogP contribution in [0.3, 0.4) is 0 Å². The highest BCUT2D eigenvalue weighted by atomic mass is 16.5. The van der Waals surface area contributed by atoms with Gasteiger partial charge in [0.2, 0.25) is 0 Å². The molecule has 1 heterocycles. The zero-order valence-corrected chi connectivity index (χ0v) is 15.2. The first kappa shape index (κ1) is 17.7. The lowest BCUT2D eigenvalue weighted by Crippen LogP contribution is -2.29. The molecule has 3 fully saturated rings. The lowest BCUT2D eigenvalue weighted by molar-refractivity contribution is 0.00303. The lowest BCUT2D eigenvalue weighted by atomic mass is 9.76. The maximum absolute atomic E-state index is 6.16. The fraction of sp³-hybridized carbons (Fsp3) is 1.00. The van der Waals surface area contributed by atoms with Gasteiger partial charge in [0.05, 0.1) is 18.8 Å². The van der Waals surface area contributed by atoms with Crippen molar-refractivity contribution in [3.63, 3.8) is 0 Å². The number of hydrogen-bond acceptors (Lipinski definition) is 3. The van der Waals surface area contributed by atoms with Crippen LogP contribution in [0.15, 0.2) is 0 Å². The van der Waals surface area contributed by atoms with Gasteiger partial charge in [-0.25, -0.2) is 0 Å². The number of rotatable bonds is 7. The summed E-state index contributed by atoms with van der Waals surface area (Å²) in [6.07, 6.45) is 16.1. The van der Waals surface area contributed by atoms with E-state index in [0.717, 1.165) is 25.0 Å². The first-order chi connectivity index (χ1) is 11.3. The van der Waals surface area contributed by atoms with E-state index in [4.69, 9.17) is 9.47 Å². The predicted octanol–water partition coefficient (Wildman–Crippen LogP) is 4.25. The molecular weight excluding hydrogens is 286 g/mol. The molecule has 3 aliphatic rings. The minimum atomic E-state index is 0.541. The number of ether oxygens (including phenoxy) is 2. The Hall–Kier alpha value is -0.120. The Kier molecular flexibility index (Phi) is 7.22. The molecule has 0 aromatic carbocycles. The number of methoxy groups -OCH3 is 1. The standard InChI is InChI=1S/C20H37NO2/c1-22-20-6-4-5-18(16-20)15-17-7-9-19(10-8-17)23-14-13-21-11-2-3-12-21/h17-20H,2-16H2,1H3. The molecule has 3 nitrogen and oxygen atoms in total. The van der Waals surface area contributed by atoms with Gasteiger partial charge in [0.15, 0.2) is 0 Å². The Morgan fingerprint density at radius 2 is 1.61 bits per heavy atom. The van der Waals surface area contributed by atoms with Crippen LogP contribution in [-0.4, -0.2) is 50.5 Å². The molecule has 1 aliphatic heterocycles. The van der Waals surface area contributed by atoms with E-state index in [1.54, 1.807) is 0 Å². The van der Waals surface area contributed by atoms with E-state index in [2.05, 4.69) is 4.90 Å². The number of nitrogens with zero attached hydrogens (tertiary/aromatic N) is 1. The molecule has 0 aromatic rings. The molecule has 3 heteroatoms. The minimum absolute atomic E-state index is 0.541. The summed E-state index contributed by atoms with van der Waals surface area (Å²) in [6.45, 7) is 4.69. The summed E-state index contributed by atoms with van der Waals surface area (Å²) in [4.78, 5) is 2.56. The molecule has 2 saturated carbocycles. The van der Waals surface area contributed by atoms with Gasteiger partial charge < -0.3 is 14.4 Å². The van der Waals surface area contributed by atoms with Gasteiger partial charge in [0.25, 0.3) is 0 Å². The summed E-state index contributed by atoms with van der Waals surface area (Å²) >= 11 is 0. The highest BCUT2D eigenvalue weighted by Crippen LogP contribution is 2.36. The first-order valence-corrected chi connectivity index (χ1v) is 10.2. The average molecular weight is 324 g/mol. The van der Waals surface area contributed by atoms with Crippen LogP contribution in [-0.2, 0) is 9.47 Å². The van der Waals surface area contributed by atoms with Crippen LogP contribution in [0.5, 0.6) is 0 Å². The van der Waals surface area contributed by atoms with Crippen molar-refractivity contribution in [2.45, 2.75) is 82.8 Å². The summed E-state index contributed by atoms with van der Waals surface area (Å²) < 4.78 is 11.7. The molecule has 2 unspecified atom stereocenters. The fourth-order valence-corrected chi connectivity index (χ4v) is 5.03. The molecular formula is C20H37NO2. The Balaban J connectivity index is 1.27. The Morgan fingerprint density at radius 3 is 2.35 bits per heavy atom. The number of hydrogen-bond donors (Lipinski definition) is 0. The zero-order valence-electron chi connectivity index (χ0n) is 15.2. The normalized spacial score (nSPS) is 36.4. The summed E-state index contributed by atoms with van der Waals surface area (Å²) in [5, 5.41) is 0. The van der Waals surface area contributed by atoms with Crippen LogP contribution in [0, 0.1) is 11.8 Å². The van der Waals surface area contributed by atoms with Crippen molar-refractivity contribution < 1.29 is 9.47 Å². The molecule has 134 valence electrons. The van der Waals surface area contributed by atoms with Gasteiger partial charge in [-0.05, 0) is 82.7 Å². The van der Waals surface area contributed by atoms with Crippen molar-refractivity contribution in [1.82, 2.24) is 4.90 Å². The highest BCUT2D eigenvalue weighted by Gasteiger charge is 2.27. The second-order valence-electron chi connectivity index (χ2n) is 8.19. The average Bonchev–Trinajstić information content (AvgIpc) is 3.10. The molecule has 2 atom stereocenters. The summed E-state index contributed by atoms with van der Waals surface area (Å²) in [5.41, 5.74) is 0. The maximum atomic E-state index is 6.16. The molecule has 0 bridgehead atoms. The van der Waals surface area contributed by atoms with E-state index < -0.39 is 0 Å². The summed E-state index contributed by atoms with van der Waals surface area (Å²) in [6, 6.07) is 0. The molecule has 1 saturated heterocycles. The Morgan fingerprint density at radius 1 is 0.826 bits per heavy atom. The van der Waals surface area contributed by atoms with Crippen molar-refractivity contribution in [2.75, 3.05) is 33.4 Å². The van der Waals surface area contributed by atoms with Gasteiger partial charge >= 0.3 is 0 Å². The molecule has 0 spiro atoms. The minimum Gasteiger partial charge on any atom is -0.381 e. The Bertz CT molecular complexity index is 322. The SMILES string of the molecule is COC1CCCC(CC2CCC(OCCN3CCCC3)CC2)C1. The van der Waals surface area contributed by atoms with Crippen molar-refractivity contribution in [3.05, 3.63) is 0 Å². The van der Waals surface area contributed by atoms with E-state index in [9.17, 15) is 0 Å². The van der Waals surface area contributed by atoms with Gasteiger partial charge in [-0.15, -0.1) is 0 Å². The topological polar surface area (TPSA) is 21.7 Å². The van der Waals surface area contributed by atoms with Crippen molar-refractivity contribution in [1.29, 1.82) is 0 Å². The van der Waals surface area contributed by atoms with E-state index in [-0.39, 0.29) is 0 Å².